The van der Waals surface area contributed by atoms with E-state index in [1.165, 1.54) is 12.8 Å². The molecule has 2 atom stereocenters. The molecule has 13 heteroatoms. The van der Waals surface area contributed by atoms with E-state index in [-0.39, 0.29) is 17.9 Å². The van der Waals surface area contributed by atoms with Gasteiger partial charge in [0.1, 0.15) is 17.1 Å². The van der Waals surface area contributed by atoms with E-state index >= 15 is 0 Å². The van der Waals surface area contributed by atoms with Crippen LogP contribution in [-0.2, 0) is 0 Å². The zero-order valence-electron chi connectivity index (χ0n) is 35.5. The SMILES string of the molecule is CNC(CCCCNC(=O)c1[nH]c2ccccc2c1-c1ccoc1)c1ccccn1.O=C(NCCCCC(c1ccco1)N1CCCC1)c1[nH]c2ccc(Cl)cc2c1-c1ccoc1. The van der Waals surface area contributed by atoms with Gasteiger partial charge in [0.2, 0.25) is 0 Å². The molecule has 2 aromatic carbocycles. The average molecular weight is 868 g/mol. The van der Waals surface area contributed by atoms with E-state index in [0.29, 0.717) is 35.5 Å². The van der Waals surface area contributed by atoms with Gasteiger partial charge in [0.25, 0.3) is 11.8 Å². The van der Waals surface area contributed by atoms with Gasteiger partial charge in [-0.25, -0.2) is 0 Å². The van der Waals surface area contributed by atoms with Gasteiger partial charge in [0, 0.05) is 74.4 Å². The highest BCUT2D eigenvalue weighted by molar-refractivity contribution is 6.31. The minimum Gasteiger partial charge on any atom is -0.472 e. The van der Waals surface area contributed by atoms with Crippen molar-refractivity contribution in [2.45, 2.75) is 63.5 Å². The Morgan fingerprint density at radius 3 is 2.00 bits per heavy atom. The molecule has 5 N–H and O–H groups in total. The highest BCUT2D eigenvalue weighted by Gasteiger charge is 2.26. The fourth-order valence-electron chi connectivity index (χ4n) is 8.64. The maximum Gasteiger partial charge on any atom is 0.268 e. The Balaban J connectivity index is 0.000000174. The molecule has 0 aliphatic carbocycles. The molecule has 63 heavy (non-hydrogen) atoms. The molecule has 326 valence electrons. The van der Waals surface area contributed by atoms with Crippen molar-refractivity contribution in [1.29, 1.82) is 0 Å². The number of nitrogens with zero attached hydrogens (tertiary/aromatic N) is 2. The van der Waals surface area contributed by atoms with Crippen molar-refractivity contribution >= 4 is 45.2 Å². The number of aromatic nitrogens is 3. The zero-order valence-corrected chi connectivity index (χ0v) is 36.3. The third-order valence-corrected chi connectivity index (χ3v) is 12.0. The molecule has 0 saturated carbocycles. The molecule has 7 heterocycles. The summed E-state index contributed by atoms with van der Waals surface area (Å²) in [6, 6.07) is 27.8. The van der Waals surface area contributed by atoms with Crippen LogP contribution in [0, 0.1) is 0 Å². The van der Waals surface area contributed by atoms with Crippen LogP contribution in [0.1, 0.15) is 95.9 Å². The molecule has 1 aliphatic rings. The predicted octanol–water partition coefficient (Wildman–Crippen LogP) is 11.1. The number of rotatable bonds is 18. The van der Waals surface area contributed by atoms with Crippen LogP contribution >= 0.6 is 11.6 Å². The Kier molecular flexibility index (Phi) is 14.5. The van der Waals surface area contributed by atoms with E-state index in [2.05, 4.69) is 41.9 Å². The van der Waals surface area contributed by atoms with Gasteiger partial charge in [-0.2, -0.15) is 0 Å². The Morgan fingerprint density at radius 2 is 1.38 bits per heavy atom. The minimum absolute atomic E-state index is 0.0997. The van der Waals surface area contributed by atoms with E-state index in [1.54, 1.807) is 31.3 Å². The largest absolute Gasteiger partial charge is 0.472 e. The lowest BCUT2D eigenvalue weighted by Crippen LogP contribution is -2.27. The number of fused-ring (bicyclic) bond motifs is 2. The van der Waals surface area contributed by atoms with Crippen molar-refractivity contribution in [3.05, 3.63) is 150 Å². The fourth-order valence-corrected chi connectivity index (χ4v) is 8.81. The summed E-state index contributed by atoms with van der Waals surface area (Å²) in [6.07, 6.45) is 18.4. The van der Waals surface area contributed by atoms with Gasteiger partial charge in [0.05, 0.1) is 43.1 Å². The second kappa shape index (κ2) is 21.2. The number of carbonyl (C=O) groups is 2. The first-order valence-corrected chi connectivity index (χ1v) is 22.3. The van der Waals surface area contributed by atoms with Gasteiger partial charge in [-0.05, 0) is 132 Å². The normalized spacial score (nSPS) is 13.8. The van der Waals surface area contributed by atoms with Crippen molar-refractivity contribution < 1.29 is 22.8 Å². The van der Waals surface area contributed by atoms with Crippen LogP contribution in [0.3, 0.4) is 0 Å². The lowest BCUT2D eigenvalue weighted by Gasteiger charge is -2.25. The number of hydrogen-bond donors (Lipinski definition) is 5. The number of H-pyrrole nitrogens is 2. The number of nitrogens with one attached hydrogen (secondary N) is 5. The number of para-hydroxylation sites is 1. The lowest BCUT2D eigenvalue weighted by molar-refractivity contribution is 0.0941. The topological polar surface area (TPSA) is 157 Å². The summed E-state index contributed by atoms with van der Waals surface area (Å²) in [5, 5.41) is 12.0. The molecule has 0 bridgehead atoms. The van der Waals surface area contributed by atoms with Crippen LogP contribution in [-0.4, -0.2) is 64.9 Å². The standard InChI is InChI=1S/C26H28ClN3O3.C24H26N4O2/c27-19-8-9-21-20(16-19)24(18-10-15-32-17-18)25(29-21)26(31)28-11-2-1-6-22(23-7-5-14-33-23)30-12-3-4-13-30;1-25-20(21-11-5-6-13-26-21)10-4-7-14-27-24(29)23-22(17-12-15-30-16-17)18-8-2-3-9-19(18)28-23/h5,7-10,14-17,22,29H,1-4,6,11-13H2,(H,28,31);2-3,5-6,8-9,11-13,15-16,20,25,28H,4,7,10,14H2,1H3,(H,27,29). The van der Waals surface area contributed by atoms with Crippen molar-refractivity contribution in [3.8, 4) is 22.3 Å². The summed E-state index contributed by atoms with van der Waals surface area (Å²) in [7, 11) is 1.95. The number of pyridine rings is 1. The second-order valence-electron chi connectivity index (χ2n) is 15.9. The number of likely N-dealkylation sites (tertiary alicyclic amines) is 1. The van der Waals surface area contributed by atoms with E-state index in [4.69, 9.17) is 24.9 Å². The number of benzene rings is 2. The van der Waals surface area contributed by atoms with Crippen molar-refractivity contribution in [3.63, 3.8) is 0 Å². The van der Waals surface area contributed by atoms with Gasteiger partial charge in [0.15, 0.2) is 0 Å². The molecule has 1 saturated heterocycles. The van der Waals surface area contributed by atoms with Crippen LogP contribution < -0.4 is 16.0 Å². The zero-order chi connectivity index (χ0) is 43.4. The summed E-state index contributed by atoms with van der Waals surface area (Å²) in [5.41, 5.74) is 7.38. The highest BCUT2D eigenvalue weighted by atomic mass is 35.5. The fraction of sp³-hybridized carbons (Fsp3) is 0.300. The summed E-state index contributed by atoms with van der Waals surface area (Å²) < 4.78 is 16.2. The summed E-state index contributed by atoms with van der Waals surface area (Å²) >= 11 is 6.22. The molecule has 2 amide bonds. The number of furan rings is 3. The third kappa shape index (κ3) is 10.5. The number of halogens is 1. The molecule has 0 spiro atoms. The lowest BCUT2D eigenvalue weighted by atomic mass is 10.0. The molecule has 9 rings (SSSR count). The van der Waals surface area contributed by atoms with E-state index in [1.807, 2.05) is 92.1 Å². The molecule has 1 aliphatic heterocycles. The van der Waals surface area contributed by atoms with Gasteiger partial charge >= 0.3 is 0 Å². The van der Waals surface area contributed by atoms with Gasteiger partial charge < -0.3 is 39.2 Å². The Hall–Kier alpha value is -6.34. The minimum atomic E-state index is -0.124. The number of hydrogen-bond acceptors (Lipinski definition) is 8. The van der Waals surface area contributed by atoms with Crippen LogP contribution in [0.4, 0.5) is 0 Å². The summed E-state index contributed by atoms with van der Waals surface area (Å²) in [5.74, 6) is 0.820. The highest BCUT2D eigenvalue weighted by Crippen LogP contribution is 2.36. The first-order valence-electron chi connectivity index (χ1n) is 21.9. The Morgan fingerprint density at radius 1 is 0.730 bits per heavy atom. The average Bonchev–Trinajstić information content (AvgIpc) is 4.17. The Bertz CT molecular complexity index is 2650. The van der Waals surface area contributed by atoms with Crippen LogP contribution in [0.5, 0.6) is 0 Å². The summed E-state index contributed by atoms with van der Waals surface area (Å²) in [6.45, 7) is 3.49. The Labute approximate surface area is 371 Å². The van der Waals surface area contributed by atoms with Gasteiger partial charge in [-0.3, -0.25) is 19.5 Å². The second-order valence-corrected chi connectivity index (χ2v) is 16.3. The first kappa shape index (κ1) is 43.3. The third-order valence-electron chi connectivity index (χ3n) is 11.8. The molecule has 8 aromatic rings. The molecular formula is C50H54ClN7O5. The first-order chi connectivity index (χ1) is 31.0. The smallest absolute Gasteiger partial charge is 0.268 e. The van der Waals surface area contributed by atoms with Crippen molar-refractivity contribution in [2.75, 3.05) is 33.2 Å². The van der Waals surface area contributed by atoms with Crippen molar-refractivity contribution in [2.24, 2.45) is 0 Å². The summed E-state index contributed by atoms with van der Waals surface area (Å²) in [4.78, 5) is 39.5. The number of carbonyl (C=O) groups excluding carboxylic acids is 2. The predicted molar refractivity (Wildman–Crippen MR) is 248 cm³/mol. The van der Waals surface area contributed by atoms with E-state index in [0.717, 1.165) is 107 Å². The number of aromatic amines is 2. The number of unbranched alkanes of at least 4 members (excludes halogenated alkanes) is 2. The van der Waals surface area contributed by atoms with Crippen LogP contribution in [0.15, 0.2) is 136 Å². The van der Waals surface area contributed by atoms with Gasteiger partial charge in [-0.15, -0.1) is 0 Å². The maximum absolute atomic E-state index is 13.1. The molecule has 1 fully saturated rings. The quantitative estimate of drug-likeness (QED) is 0.0533. The van der Waals surface area contributed by atoms with Crippen LogP contribution in [0.25, 0.3) is 44.1 Å². The maximum atomic E-state index is 13.1. The van der Waals surface area contributed by atoms with E-state index in [9.17, 15) is 9.59 Å². The molecular weight excluding hydrogens is 814 g/mol. The van der Waals surface area contributed by atoms with E-state index < -0.39 is 0 Å². The molecule has 0 radical (unpaired) electrons. The van der Waals surface area contributed by atoms with Crippen LogP contribution in [0.2, 0.25) is 5.02 Å². The van der Waals surface area contributed by atoms with Crippen molar-refractivity contribution in [1.82, 2.24) is 35.8 Å². The monoisotopic (exact) mass is 867 g/mol. The molecule has 12 nitrogen and oxygen atoms in total. The molecule has 2 unspecified atom stereocenters. The number of amides is 2. The molecule has 6 aromatic heterocycles. The van der Waals surface area contributed by atoms with Gasteiger partial charge in [-0.1, -0.05) is 35.9 Å².